The Kier molecular flexibility index (Phi) is 4.70. The highest BCUT2D eigenvalue weighted by molar-refractivity contribution is 5.99. The number of hydrogen-bond acceptors (Lipinski definition) is 5. The summed E-state index contributed by atoms with van der Waals surface area (Å²) in [6, 6.07) is 17.6. The first-order valence-electron chi connectivity index (χ1n) is 7.90. The lowest BCUT2D eigenvalue weighted by Gasteiger charge is -2.28. The van der Waals surface area contributed by atoms with E-state index in [2.05, 4.69) is 4.99 Å². The zero-order valence-corrected chi connectivity index (χ0v) is 13.5. The van der Waals surface area contributed by atoms with Crippen molar-refractivity contribution in [3.63, 3.8) is 0 Å². The molecule has 0 spiro atoms. The van der Waals surface area contributed by atoms with E-state index in [0.29, 0.717) is 18.9 Å². The fraction of sp³-hybridized carbons (Fsp3) is 0.211. The molecule has 0 atom stereocenters. The molecule has 2 aromatic carbocycles. The minimum atomic E-state index is -0.306. The van der Waals surface area contributed by atoms with Crippen molar-refractivity contribution < 1.29 is 14.9 Å². The molecule has 0 aliphatic carbocycles. The Bertz CT molecular complexity index is 769. The summed E-state index contributed by atoms with van der Waals surface area (Å²) >= 11 is 0. The SMILES string of the molecule is CCC1=NC(O)=C(O)CN1c1cccc(OCc2ccccc2)c1. The number of amidine groups is 1. The zero-order valence-electron chi connectivity index (χ0n) is 13.5. The quantitative estimate of drug-likeness (QED) is 0.866. The van der Waals surface area contributed by atoms with Crippen LogP contribution in [0.25, 0.3) is 0 Å². The Morgan fingerprint density at radius 2 is 1.88 bits per heavy atom. The van der Waals surface area contributed by atoms with Crippen molar-refractivity contribution in [2.75, 3.05) is 11.4 Å². The third-order valence-corrected chi connectivity index (χ3v) is 3.81. The molecule has 0 bridgehead atoms. The molecule has 0 fully saturated rings. The maximum Gasteiger partial charge on any atom is 0.253 e. The summed E-state index contributed by atoms with van der Waals surface area (Å²) in [5.41, 5.74) is 1.96. The number of ether oxygens (including phenoxy) is 1. The molecule has 0 aromatic heterocycles. The van der Waals surface area contributed by atoms with Gasteiger partial charge >= 0.3 is 0 Å². The van der Waals surface area contributed by atoms with Gasteiger partial charge in [0.2, 0.25) is 0 Å². The van der Waals surface area contributed by atoms with Gasteiger partial charge in [0, 0.05) is 18.2 Å². The summed E-state index contributed by atoms with van der Waals surface area (Å²) in [6.07, 6.45) is 0.645. The lowest BCUT2D eigenvalue weighted by molar-refractivity contribution is 0.306. The van der Waals surface area contributed by atoms with Gasteiger partial charge in [0.15, 0.2) is 5.76 Å². The van der Waals surface area contributed by atoms with Crippen molar-refractivity contribution in [1.29, 1.82) is 0 Å². The lowest BCUT2D eigenvalue weighted by atomic mass is 10.2. The van der Waals surface area contributed by atoms with Gasteiger partial charge in [0.1, 0.15) is 18.2 Å². The highest BCUT2D eigenvalue weighted by atomic mass is 16.5. The first kappa shape index (κ1) is 15.9. The van der Waals surface area contributed by atoms with Gasteiger partial charge in [-0.15, -0.1) is 0 Å². The summed E-state index contributed by atoms with van der Waals surface area (Å²) in [7, 11) is 0. The molecule has 0 amide bonds. The van der Waals surface area contributed by atoms with E-state index in [0.717, 1.165) is 17.0 Å². The van der Waals surface area contributed by atoms with Crippen molar-refractivity contribution in [1.82, 2.24) is 0 Å². The third kappa shape index (κ3) is 3.51. The third-order valence-electron chi connectivity index (χ3n) is 3.81. The average molecular weight is 324 g/mol. The molecular weight excluding hydrogens is 304 g/mol. The summed E-state index contributed by atoms with van der Waals surface area (Å²) in [5, 5.41) is 19.4. The van der Waals surface area contributed by atoms with E-state index >= 15 is 0 Å². The number of hydrogen-bond donors (Lipinski definition) is 2. The molecule has 3 rings (SSSR count). The first-order valence-corrected chi connectivity index (χ1v) is 7.90. The lowest BCUT2D eigenvalue weighted by Crippen LogP contribution is -2.35. The smallest absolute Gasteiger partial charge is 0.253 e. The van der Waals surface area contributed by atoms with Crippen LogP contribution in [-0.2, 0) is 6.61 Å². The fourth-order valence-corrected chi connectivity index (χ4v) is 2.55. The molecule has 1 heterocycles. The minimum Gasteiger partial charge on any atom is -0.505 e. The predicted molar refractivity (Wildman–Crippen MR) is 94.6 cm³/mol. The molecule has 124 valence electrons. The van der Waals surface area contributed by atoms with Crippen LogP contribution in [0.2, 0.25) is 0 Å². The number of rotatable bonds is 5. The first-order chi connectivity index (χ1) is 11.7. The molecule has 0 unspecified atom stereocenters. The number of nitrogens with zero attached hydrogens (tertiary/aromatic N) is 2. The van der Waals surface area contributed by atoms with Crippen LogP contribution in [0.5, 0.6) is 5.75 Å². The molecule has 0 radical (unpaired) electrons. The molecule has 0 saturated heterocycles. The Morgan fingerprint density at radius 3 is 2.62 bits per heavy atom. The van der Waals surface area contributed by atoms with Gasteiger partial charge < -0.3 is 19.8 Å². The average Bonchev–Trinajstić information content (AvgIpc) is 2.63. The standard InChI is InChI=1S/C19H20N2O3/c1-2-18-20-19(23)17(22)12-21(18)15-9-6-10-16(11-15)24-13-14-7-4-3-5-8-14/h3-11,22-23H,2,12-13H2,1H3. The van der Waals surface area contributed by atoms with Crippen LogP contribution in [0.15, 0.2) is 71.2 Å². The highest BCUT2D eigenvalue weighted by Gasteiger charge is 2.22. The summed E-state index contributed by atoms with van der Waals surface area (Å²) in [4.78, 5) is 5.92. The molecule has 1 aliphatic rings. The van der Waals surface area contributed by atoms with Gasteiger partial charge in [-0.25, -0.2) is 0 Å². The van der Waals surface area contributed by atoms with Crippen molar-refractivity contribution in [3.05, 3.63) is 71.8 Å². The molecule has 1 aliphatic heterocycles. The molecule has 0 saturated carbocycles. The van der Waals surface area contributed by atoms with Gasteiger partial charge in [-0.2, -0.15) is 4.99 Å². The van der Waals surface area contributed by atoms with Crippen molar-refractivity contribution in [2.24, 2.45) is 4.99 Å². The van der Waals surface area contributed by atoms with Crippen molar-refractivity contribution in [2.45, 2.75) is 20.0 Å². The Morgan fingerprint density at radius 1 is 1.08 bits per heavy atom. The number of aliphatic imine (C=N–C) groups is 1. The molecular formula is C19H20N2O3. The molecule has 2 aromatic rings. The van der Waals surface area contributed by atoms with E-state index in [1.807, 2.05) is 66.4 Å². The van der Waals surface area contributed by atoms with Crippen LogP contribution in [-0.4, -0.2) is 22.6 Å². The van der Waals surface area contributed by atoms with Crippen LogP contribution < -0.4 is 9.64 Å². The number of aliphatic hydroxyl groups excluding tert-OH is 2. The normalized spacial score (nSPS) is 14.5. The van der Waals surface area contributed by atoms with E-state index in [1.54, 1.807) is 0 Å². The second kappa shape index (κ2) is 7.08. The van der Waals surface area contributed by atoms with E-state index in [1.165, 1.54) is 0 Å². The predicted octanol–water partition coefficient (Wildman–Crippen LogP) is 4.18. The highest BCUT2D eigenvalue weighted by Crippen LogP contribution is 2.26. The van der Waals surface area contributed by atoms with E-state index in [4.69, 9.17) is 4.74 Å². The van der Waals surface area contributed by atoms with Gasteiger partial charge in [0.05, 0.1) is 6.54 Å². The number of aliphatic hydroxyl groups is 2. The molecule has 5 nitrogen and oxygen atoms in total. The Hall–Kier alpha value is -2.95. The Balaban J connectivity index is 1.77. The second-order valence-electron chi connectivity index (χ2n) is 5.51. The van der Waals surface area contributed by atoms with Crippen molar-refractivity contribution in [3.8, 4) is 5.75 Å². The Labute approximate surface area is 141 Å². The van der Waals surface area contributed by atoms with Crippen LogP contribution in [0.1, 0.15) is 18.9 Å². The van der Waals surface area contributed by atoms with E-state index in [-0.39, 0.29) is 18.2 Å². The minimum absolute atomic E-state index is 0.136. The van der Waals surface area contributed by atoms with Crippen LogP contribution in [0.4, 0.5) is 5.69 Å². The maximum atomic E-state index is 9.79. The van der Waals surface area contributed by atoms with Crippen LogP contribution >= 0.6 is 0 Å². The summed E-state index contributed by atoms with van der Waals surface area (Å²) in [5.74, 6) is 0.998. The van der Waals surface area contributed by atoms with Crippen LogP contribution in [0.3, 0.4) is 0 Å². The largest absolute Gasteiger partial charge is 0.505 e. The fourth-order valence-electron chi connectivity index (χ4n) is 2.55. The second-order valence-corrected chi connectivity index (χ2v) is 5.51. The molecule has 5 heteroatoms. The van der Waals surface area contributed by atoms with Gasteiger partial charge in [0.25, 0.3) is 5.88 Å². The zero-order chi connectivity index (χ0) is 16.9. The van der Waals surface area contributed by atoms with E-state index < -0.39 is 0 Å². The van der Waals surface area contributed by atoms with E-state index in [9.17, 15) is 10.2 Å². The number of benzene rings is 2. The topological polar surface area (TPSA) is 65.3 Å². The maximum absolute atomic E-state index is 9.79. The molecule has 2 N–H and O–H groups in total. The van der Waals surface area contributed by atoms with Gasteiger partial charge in [-0.1, -0.05) is 43.3 Å². The van der Waals surface area contributed by atoms with Gasteiger partial charge in [-0.05, 0) is 17.7 Å². The summed E-state index contributed by atoms with van der Waals surface area (Å²) < 4.78 is 5.85. The molecule has 24 heavy (non-hydrogen) atoms. The summed E-state index contributed by atoms with van der Waals surface area (Å²) in [6.45, 7) is 2.64. The number of anilines is 1. The monoisotopic (exact) mass is 324 g/mol. The van der Waals surface area contributed by atoms with Crippen LogP contribution in [0, 0.1) is 0 Å². The van der Waals surface area contributed by atoms with Crippen molar-refractivity contribution >= 4 is 11.5 Å². The van der Waals surface area contributed by atoms with Gasteiger partial charge in [-0.3, -0.25) is 0 Å².